The van der Waals surface area contributed by atoms with E-state index in [-0.39, 0.29) is 18.9 Å². The Hall–Kier alpha value is -1.44. The molecule has 1 unspecified atom stereocenters. The van der Waals surface area contributed by atoms with Crippen molar-refractivity contribution in [2.45, 2.75) is 160 Å². The van der Waals surface area contributed by atoms with Gasteiger partial charge in [-0.15, -0.1) is 0 Å². The molecule has 1 aliphatic heterocycles. The van der Waals surface area contributed by atoms with Crippen molar-refractivity contribution in [1.29, 1.82) is 0 Å². The van der Waals surface area contributed by atoms with Crippen molar-refractivity contribution in [2.75, 3.05) is 6.54 Å². The highest BCUT2D eigenvalue weighted by atomic mass is 16.5. The van der Waals surface area contributed by atoms with Crippen molar-refractivity contribution in [3.63, 3.8) is 0 Å². The smallest absolute Gasteiger partial charge is 0.306 e. The molecule has 0 aliphatic carbocycles. The summed E-state index contributed by atoms with van der Waals surface area (Å²) in [6, 6.07) is 0. The monoisotopic (exact) mass is 525 g/mol. The van der Waals surface area contributed by atoms with Gasteiger partial charge in [-0.3, -0.25) is 9.59 Å². The van der Waals surface area contributed by atoms with E-state index in [4.69, 9.17) is 4.74 Å². The normalized spacial score (nSPS) is 30.1. The molecule has 0 saturated carbocycles. The summed E-state index contributed by atoms with van der Waals surface area (Å²) < 4.78 is 5.44. The summed E-state index contributed by atoms with van der Waals surface area (Å²) in [6.45, 7) is 3.91. The van der Waals surface area contributed by atoms with E-state index in [1.54, 1.807) is 0 Å². The number of carbonyl (C=O) groups is 2. The Balaban J connectivity index is 2.60. The van der Waals surface area contributed by atoms with Gasteiger partial charge in [0.1, 0.15) is 0 Å². The van der Waals surface area contributed by atoms with Crippen LogP contribution in [-0.2, 0) is 14.3 Å². The molecule has 0 aromatic carbocycles. The Morgan fingerprint density at radius 3 is 2.00 bits per heavy atom. The Labute approximate surface area is 225 Å². The fraction of sp³-hybridized carbons (Fsp3) is 0.867. The number of aliphatic hydroxyl groups excluding tert-OH is 3. The maximum Gasteiger partial charge on any atom is 0.306 e. The van der Waals surface area contributed by atoms with Crippen molar-refractivity contribution < 1.29 is 29.6 Å². The first-order valence-electron chi connectivity index (χ1n) is 15.0. The summed E-state index contributed by atoms with van der Waals surface area (Å²) in [5.74, 6) is -0.789. The summed E-state index contributed by atoms with van der Waals surface area (Å²) in [7, 11) is 0. The lowest BCUT2D eigenvalue weighted by atomic mass is 9.99. The predicted octanol–water partition coefficient (Wildman–Crippen LogP) is 5.49. The Morgan fingerprint density at radius 2 is 1.41 bits per heavy atom. The topological polar surface area (TPSA) is 116 Å². The molecule has 216 valence electrons. The molecule has 4 atom stereocenters. The maximum atomic E-state index is 12.6. The number of nitrogens with one attached hydrogen (secondary N) is 1. The van der Waals surface area contributed by atoms with E-state index in [0.29, 0.717) is 32.1 Å². The molecule has 0 spiro atoms. The quantitative estimate of drug-likeness (QED) is 0.280. The minimum Gasteiger partial charge on any atom is -0.452 e. The number of rotatable bonds is 2. The summed E-state index contributed by atoms with van der Waals surface area (Å²) in [4.78, 5) is 24.8. The molecule has 7 nitrogen and oxygen atoms in total. The lowest BCUT2D eigenvalue weighted by Crippen LogP contribution is -2.42. The fourth-order valence-electron chi connectivity index (χ4n) is 4.77. The van der Waals surface area contributed by atoms with Crippen molar-refractivity contribution in [1.82, 2.24) is 5.32 Å². The van der Waals surface area contributed by atoms with Crippen molar-refractivity contribution >= 4 is 11.9 Å². The second kappa shape index (κ2) is 21.5. The molecule has 0 aromatic heterocycles. The van der Waals surface area contributed by atoms with Gasteiger partial charge in [0.25, 0.3) is 5.91 Å². The molecule has 0 bridgehead atoms. The van der Waals surface area contributed by atoms with Crippen molar-refractivity contribution in [3.8, 4) is 0 Å². The average Bonchev–Trinajstić information content (AvgIpc) is 2.87. The van der Waals surface area contributed by atoms with E-state index in [0.717, 1.165) is 25.7 Å². The van der Waals surface area contributed by atoms with E-state index < -0.39 is 30.3 Å². The number of hydrogen-bond acceptors (Lipinski definition) is 6. The molecule has 0 saturated heterocycles. The number of hydrogen-bond donors (Lipinski definition) is 4. The zero-order chi connectivity index (χ0) is 27.3. The third-order valence-corrected chi connectivity index (χ3v) is 7.25. The van der Waals surface area contributed by atoms with Crippen LogP contribution in [-0.4, -0.2) is 58.2 Å². The second-order valence-electron chi connectivity index (χ2n) is 10.9. The van der Waals surface area contributed by atoms with Gasteiger partial charge in [0.2, 0.25) is 0 Å². The number of cyclic esters (lactones) is 1. The molecule has 7 heteroatoms. The number of carbonyl (C=O) groups excluding carboxylic acids is 2. The lowest BCUT2D eigenvalue weighted by molar-refractivity contribution is -0.156. The van der Waals surface area contributed by atoms with Gasteiger partial charge >= 0.3 is 5.97 Å². The van der Waals surface area contributed by atoms with E-state index in [2.05, 4.69) is 18.3 Å². The van der Waals surface area contributed by atoms with Gasteiger partial charge in [-0.25, -0.2) is 0 Å². The summed E-state index contributed by atoms with van der Waals surface area (Å²) in [6.07, 6.45) is 16.2. The minimum atomic E-state index is -1.07. The van der Waals surface area contributed by atoms with Gasteiger partial charge < -0.3 is 25.4 Å². The van der Waals surface area contributed by atoms with E-state index >= 15 is 0 Å². The van der Waals surface area contributed by atoms with Crippen molar-refractivity contribution in [3.05, 3.63) is 11.6 Å². The highest BCUT2D eigenvalue weighted by Crippen LogP contribution is 2.16. The number of esters is 1. The van der Waals surface area contributed by atoms with Crippen LogP contribution in [0, 0.1) is 0 Å². The molecular formula is C30H55NO6. The molecule has 0 fully saturated rings. The van der Waals surface area contributed by atoms with Crippen LogP contribution in [0.4, 0.5) is 0 Å². The Morgan fingerprint density at radius 1 is 0.838 bits per heavy atom. The minimum absolute atomic E-state index is 0.0392. The third-order valence-electron chi connectivity index (χ3n) is 7.25. The molecule has 0 radical (unpaired) electrons. The first kappa shape index (κ1) is 33.6. The Kier molecular flexibility index (Phi) is 19.5. The van der Waals surface area contributed by atoms with Crippen LogP contribution in [0.5, 0.6) is 0 Å². The van der Waals surface area contributed by atoms with E-state index in [1.807, 2.05) is 6.92 Å². The van der Waals surface area contributed by atoms with Gasteiger partial charge in [0.15, 0.2) is 6.10 Å². The Bertz CT molecular complexity index is 638. The molecular weight excluding hydrogens is 470 g/mol. The standard InChI is InChI=1S/C30H55NO6/c1-3-17-28-30(36)31-23-25(32)22-27(34)26(33)21-20-24(2)18-15-13-11-9-7-5-4-6-8-10-12-14-16-19-29(35)37-28/h18,25-28,32-34H,3-17,19-23H2,1-2H3,(H,31,36)/b24-18-/t25-,26+,27-,28?/m0/s1. The van der Waals surface area contributed by atoms with E-state index in [9.17, 15) is 24.9 Å². The largest absolute Gasteiger partial charge is 0.452 e. The molecule has 0 aromatic rings. The second-order valence-corrected chi connectivity index (χ2v) is 10.9. The maximum absolute atomic E-state index is 12.6. The number of amides is 1. The van der Waals surface area contributed by atoms with Gasteiger partial charge in [-0.05, 0) is 45.4 Å². The highest BCUT2D eigenvalue weighted by molar-refractivity contribution is 5.83. The van der Waals surface area contributed by atoms with Gasteiger partial charge in [0.05, 0.1) is 18.3 Å². The van der Waals surface area contributed by atoms with Crippen LogP contribution in [0.2, 0.25) is 0 Å². The predicted molar refractivity (Wildman–Crippen MR) is 148 cm³/mol. The zero-order valence-electron chi connectivity index (χ0n) is 23.6. The molecule has 4 N–H and O–H groups in total. The average molecular weight is 526 g/mol. The van der Waals surface area contributed by atoms with Crippen molar-refractivity contribution in [2.24, 2.45) is 0 Å². The molecule has 1 amide bonds. The molecule has 1 rings (SSSR count). The number of β-amino-alcohol motifs (C(OH)–C–C–N with tert-alkyl or cyclic N) is 1. The van der Waals surface area contributed by atoms with Crippen LogP contribution >= 0.6 is 0 Å². The summed E-state index contributed by atoms with van der Waals surface area (Å²) in [5.41, 5.74) is 1.21. The molecule has 37 heavy (non-hydrogen) atoms. The van der Waals surface area contributed by atoms with Crippen LogP contribution < -0.4 is 5.32 Å². The fourth-order valence-corrected chi connectivity index (χ4v) is 4.77. The summed E-state index contributed by atoms with van der Waals surface area (Å²) in [5, 5.41) is 33.5. The SMILES string of the molecule is CCCC1OC(=O)CCCCCCCCCCCCCC/C=C(/C)CC[C@@H](O)[C@@H](O)C[C@H](O)CNC1=O. The molecule has 1 heterocycles. The zero-order valence-corrected chi connectivity index (χ0v) is 23.6. The number of ether oxygens (including phenoxy) is 1. The van der Waals surface area contributed by atoms with Gasteiger partial charge in [-0.1, -0.05) is 89.2 Å². The summed E-state index contributed by atoms with van der Waals surface area (Å²) >= 11 is 0. The number of aliphatic hydroxyl groups is 3. The van der Waals surface area contributed by atoms with Gasteiger partial charge in [0, 0.05) is 19.4 Å². The van der Waals surface area contributed by atoms with Gasteiger partial charge in [-0.2, -0.15) is 0 Å². The van der Waals surface area contributed by atoms with Crippen LogP contribution in [0.15, 0.2) is 11.6 Å². The first-order chi connectivity index (χ1) is 17.8. The number of allylic oxidation sites excluding steroid dienone is 2. The molecule has 1 aliphatic rings. The lowest BCUT2D eigenvalue weighted by Gasteiger charge is -2.22. The third kappa shape index (κ3) is 17.7. The first-order valence-corrected chi connectivity index (χ1v) is 15.0. The van der Waals surface area contributed by atoms with Crippen LogP contribution in [0.25, 0.3) is 0 Å². The van der Waals surface area contributed by atoms with Crippen LogP contribution in [0.3, 0.4) is 0 Å². The van der Waals surface area contributed by atoms with E-state index in [1.165, 1.54) is 63.4 Å². The van der Waals surface area contributed by atoms with Crippen LogP contribution in [0.1, 0.15) is 136 Å². The highest BCUT2D eigenvalue weighted by Gasteiger charge is 2.24.